The minimum atomic E-state index is -0.552. The van der Waals surface area contributed by atoms with Crippen LogP contribution in [0.25, 0.3) is 10.2 Å². The molecule has 2 aromatic rings. The van der Waals surface area contributed by atoms with Crippen LogP contribution in [0.4, 0.5) is 14.7 Å². The van der Waals surface area contributed by atoms with Gasteiger partial charge in [-0.1, -0.05) is 11.3 Å². The number of rotatable bonds is 1. The summed E-state index contributed by atoms with van der Waals surface area (Å²) in [5.74, 6) is 0.891. The number of nitrogens with one attached hydrogen (secondary N) is 1. The summed E-state index contributed by atoms with van der Waals surface area (Å²) in [7, 11) is 0. The van der Waals surface area contributed by atoms with Crippen LogP contribution in [0.3, 0.4) is 0 Å². The molecule has 0 saturated carbocycles. The Bertz CT molecular complexity index is 1030. The van der Waals surface area contributed by atoms with Crippen molar-refractivity contribution in [2.45, 2.75) is 64.3 Å². The van der Waals surface area contributed by atoms with Crippen LogP contribution in [0.2, 0.25) is 0 Å². The molecule has 0 unspecified atom stereocenters. The third-order valence-electron chi connectivity index (χ3n) is 5.89. The first-order valence-corrected chi connectivity index (χ1v) is 11.2. The number of hydrogen-bond acceptors (Lipinski definition) is 6. The molecular formula is C21H26N4O4S. The van der Waals surface area contributed by atoms with Crippen LogP contribution in [-0.4, -0.2) is 58.9 Å². The Labute approximate surface area is 179 Å². The Kier molecular flexibility index (Phi) is 4.36. The lowest BCUT2D eigenvalue weighted by Gasteiger charge is -2.41. The molecule has 4 heterocycles. The number of aromatic nitrogens is 1. The third-order valence-corrected chi connectivity index (χ3v) is 6.91. The van der Waals surface area contributed by atoms with E-state index in [-0.39, 0.29) is 30.2 Å². The van der Waals surface area contributed by atoms with Crippen molar-refractivity contribution in [3.63, 3.8) is 0 Å². The van der Waals surface area contributed by atoms with Crippen molar-refractivity contribution in [1.82, 2.24) is 15.2 Å². The second-order valence-electron chi connectivity index (χ2n) is 9.19. The average Bonchev–Trinajstić information content (AvgIpc) is 3.33. The lowest BCUT2D eigenvalue weighted by Crippen LogP contribution is -2.57. The number of fused-ring (bicyclic) bond motifs is 4. The largest absolute Gasteiger partial charge is 0.493 e. The molecule has 9 heteroatoms. The molecule has 0 bridgehead atoms. The molecular weight excluding hydrogens is 404 g/mol. The molecule has 30 heavy (non-hydrogen) atoms. The molecule has 2 saturated heterocycles. The molecule has 1 aromatic carbocycles. The zero-order valence-corrected chi connectivity index (χ0v) is 18.4. The maximum Gasteiger partial charge on any atom is 0.410 e. The number of nitrogens with zero attached hydrogens (tertiary/aromatic N) is 3. The van der Waals surface area contributed by atoms with Gasteiger partial charge < -0.3 is 19.7 Å². The van der Waals surface area contributed by atoms with Gasteiger partial charge in [0.2, 0.25) is 0 Å². The summed E-state index contributed by atoms with van der Waals surface area (Å²) in [5, 5.41) is 3.75. The lowest BCUT2D eigenvalue weighted by atomic mass is 9.95. The molecule has 5 rings (SSSR count). The van der Waals surface area contributed by atoms with E-state index in [4.69, 9.17) is 14.5 Å². The number of anilines is 1. The number of carbonyl (C=O) groups excluding carboxylic acids is 2. The first-order chi connectivity index (χ1) is 14.2. The van der Waals surface area contributed by atoms with E-state index in [0.717, 1.165) is 28.0 Å². The molecule has 0 aliphatic carbocycles. The van der Waals surface area contributed by atoms with Gasteiger partial charge in [-0.05, 0) is 46.2 Å². The van der Waals surface area contributed by atoms with Crippen LogP contribution >= 0.6 is 11.3 Å². The van der Waals surface area contributed by atoms with E-state index >= 15 is 0 Å². The first-order valence-electron chi connectivity index (χ1n) is 10.4. The number of ether oxygens (including phenoxy) is 2. The molecule has 2 fully saturated rings. The molecule has 1 aromatic heterocycles. The van der Waals surface area contributed by atoms with Crippen molar-refractivity contribution in [2.75, 3.05) is 18.1 Å². The molecule has 160 valence electrons. The smallest absolute Gasteiger partial charge is 0.410 e. The molecule has 8 nitrogen and oxygen atoms in total. The number of hydrogen-bond donors (Lipinski definition) is 1. The summed E-state index contributed by atoms with van der Waals surface area (Å²) >= 11 is 1.53. The lowest BCUT2D eigenvalue weighted by molar-refractivity contribution is 0.00837. The van der Waals surface area contributed by atoms with Gasteiger partial charge in [0, 0.05) is 24.6 Å². The van der Waals surface area contributed by atoms with Crippen molar-refractivity contribution in [3.8, 4) is 5.75 Å². The molecule has 1 N–H and O–H groups in total. The van der Waals surface area contributed by atoms with Gasteiger partial charge in [0.05, 0.1) is 28.9 Å². The maximum atomic E-state index is 12.9. The van der Waals surface area contributed by atoms with Crippen LogP contribution in [0.1, 0.15) is 39.7 Å². The zero-order chi connectivity index (χ0) is 21.2. The Morgan fingerprint density at radius 2 is 2.17 bits per heavy atom. The van der Waals surface area contributed by atoms with Gasteiger partial charge >= 0.3 is 12.1 Å². The highest BCUT2D eigenvalue weighted by molar-refractivity contribution is 7.22. The number of carbonyl (C=O) groups is 2. The molecule has 3 amide bonds. The van der Waals surface area contributed by atoms with Gasteiger partial charge in [-0.15, -0.1) is 0 Å². The highest BCUT2D eigenvalue weighted by atomic mass is 32.1. The first kappa shape index (κ1) is 19.4. The fraction of sp³-hybridized carbons (Fsp3) is 0.571. The van der Waals surface area contributed by atoms with Gasteiger partial charge in [-0.2, -0.15) is 0 Å². The van der Waals surface area contributed by atoms with E-state index in [1.807, 2.05) is 39.8 Å². The monoisotopic (exact) mass is 430 g/mol. The van der Waals surface area contributed by atoms with Crippen molar-refractivity contribution in [1.29, 1.82) is 0 Å². The summed E-state index contributed by atoms with van der Waals surface area (Å²) in [5.41, 5.74) is 1.50. The van der Waals surface area contributed by atoms with Gasteiger partial charge in [0.1, 0.15) is 11.4 Å². The van der Waals surface area contributed by atoms with Crippen molar-refractivity contribution in [3.05, 3.63) is 17.7 Å². The Balaban J connectivity index is 1.41. The van der Waals surface area contributed by atoms with Crippen molar-refractivity contribution >= 4 is 38.8 Å². The molecule has 0 radical (unpaired) electrons. The fourth-order valence-electron chi connectivity index (χ4n) is 4.53. The summed E-state index contributed by atoms with van der Waals surface area (Å²) in [6.07, 6.45) is 1.17. The quantitative estimate of drug-likeness (QED) is 0.748. The predicted octanol–water partition coefficient (Wildman–Crippen LogP) is 3.53. The summed E-state index contributed by atoms with van der Waals surface area (Å²) in [6.45, 7) is 8.68. The third kappa shape index (κ3) is 3.15. The van der Waals surface area contributed by atoms with Crippen LogP contribution in [-0.2, 0) is 11.2 Å². The van der Waals surface area contributed by atoms with Crippen LogP contribution in [0.15, 0.2) is 12.1 Å². The maximum absolute atomic E-state index is 12.9. The van der Waals surface area contributed by atoms with Crippen LogP contribution in [0, 0.1) is 0 Å². The minimum Gasteiger partial charge on any atom is -0.493 e. The number of amides is 3. The molecule has 3 aliphatic heterocycles. The second kappa shape index (κ2) is 6.73. The van der Waals surface area contributed by atoms with E-state index in [9.17, 15) is 9.59 Å². The number of thiazole rings is 1. The number of urea groups is 1. The van der Waals surface area contributed by atoms with E-state index in [1.54, 1.807) is 9.80 Å². The summed E-state index contributed by atoms with van der Waals surface area (Å²) in [6, 6.07) is 3.61. The zero-order valence-electron chi connectivity index (χ0n) is 17.6. The second-order valence-corrected chi connectivity index (χ2v) is 10.2. The van der Waals surface area contributed by atoms with Gasteiger partial charge in [-0.3, -0.25) is 4.90 Å². The summed E-state index contributed by atoms with van der Waals surface area (Å²) in [4.78, 5) is 33.8. The standard InChI is InChI=1S/C21H26N4O4S/c1-11-9-14-13(10-24(11)20(27)29-21(2,3)4)22-18(26)25(14)19-23-17-12-7-8-28-15(12)5-6-16(17)30-19/h5-6,11,13-14H,7-10H2,1-4H3,(H,22,26)/t11-,13-,14+/m0/s1. The molecule has 3 aliphatic rings. The molecule has 0 spiro atoms. The van der Waals surface area contributed by atoms with E-state index in [0.29, 0.717) is 24.7 Å². The van der Waals surface area contributed by atoms with Crippen molar-refractivity contribution < 1.29 is 19.1 Å². The van der Waals surface area contributed by atoms with Gasteiger partial charge in [-0.25, -0.2) is 14.6 Å². The van der Waals surface area contributed by atoms with Gasteiger partial charge in [0.15, 0.2) is 5.13 Å². The Hall–Kier alpha value is -2.55. The topological polar surface area (TPSA) is 84.0 Å². The van der Waals surface area contributed by atoms with E-state index in [2.05, 4.69) is 5.32 Å². The number of piperidine rings is 1. The van der Waals surface area contributed by atoms with E-state index in [1.165, 1.54) is 11.3 Å². The number of benzene rings is 1. The van der Waals surface area contributed by atoms with Crippen molar-refractivity contribution in [2.24, 2.45) is 0 Å². The SMILES string of the molecule is C[C@H]1C[C@@H]2[C@H](CN1C(=O)OC(C)(C)C)NC(=O)N2c1nc2c3c(ccc2s1)OCC3. The Morgan fingerprint density at radius 1 is 1.37 bits per heavy atom. The minimum absolute atomic E-state index is 0.0386. The van der Waals surface area contributed by atoms with Crippen LogP contribution < -0.4 is 15.0 Å². The number of likely N-dealkylation sites (tertiary alicyclic amines) is 1. The fourth-order valence-corrected chi connectivity index (χ4v) is 5.58. The average molecular weight is 431 g/mol. The highest BCUT2D eigenvalue weighted by Crippen LogP contribution is 2.40. The normalized spacial score (nSPS) is 25.7. The predicted molar refractivity (Wildman–Crippen MR) is 114 cm³/mol. The van der Waals surface area contributed by atoms with Gasteiger partial charge in [0.25, 0.3) is 0 Å². The molecule has 3 atom stereocenters. The highest BCUT2D eigenvalue weighted by Gasteiger charge is 2.48. The summed E-state index contributed by atoms with van der Waals surface area (Å²) < 4.78 is 12.3. The van der Waals surface area contributed by atoms with E-state index < -0.39 is 5.60 Å². The van der Waals surface area contributed by atoms with Crippen LogP contribution in [0.5, 0.6) is 5.75 Å². The Morgan fingerprint density at radius 3 is 2.93 bits per heavy atom.